The molecule has 0 fully saturated rings. The molecule has 0 unspecified atom stereocenters. The average molecular weight is 262 g/mol. The van der Waals surface area contributed by atoms with Crippen molar-refractivity contribution in [3.63, 3.8) is 0 Å². The summed E-state index contributed by atoms with van der Waals surface area (Å²) in [5.41, 5.74) is -5.65. The van der Waals surface area contributed by atoms with E-state index in [2.05, 4.69) is 0 Å². The van der Waals surface area contributed by atoms with Crippen LogP contribution in [0.5, 0.6) is 0 Å². The van der Waals surface area contributed by atoms with Gasteiger partial charge in [0, 0.05) is 0 Å². The molecule has 1 rings (SSSR count). The van der Waals surface area contributed by atoms with Gasteiger partial charge in [-0.1, -0.05) is 4.73 Å². The largest absolute Gasteiger partial charge is 0.741 e. The lowest BCUT2D eigenvalue weighted by molar-refractivity contribution is -0.672. The maximum Gasteiger partial charge on any atom is 0.485 e. The van der Waals surface area contributed by atoms with Gasteiger partial charge in [0.1, 0.15) is 13.3 Å². The summed E-state index contributed by atoms with van der Waals surface area (Å²) in [5, 5.41) is 0. The molecule has 0 aromatic carbocycles. The second kappa shape index (κ2) is 5.16. The highest BCUT2D eigenvalue weighted by Crippen LogP contribution is 2.20. The number of hydrogen-bond acceptors (Lipinski definition) is 4. The number of alkyl halides is 3. The second-order valence-corrected chi connectivity index (χ2v) is 3.89. The van der Waals surface area contributed by atoms with Crippen LogP contribution in [0.25, 0.3) is 0 Å². The molecule has 1 heterocycles. The minimum absolute atomic E-state index is 1.62. The molecule has 1 aromatic heterocycles. The van der Waals surface area contributed by atoms with E-state index in [1.165, 1.54) is 0 Å². The molecule has 0 amide bonds. The van der Waals surface area contributed by atoms with Crippen molar-refractivity contribution in [2.75, 3.05) is 7.11 Å². The predicted octanol–water partition coefficient (Wildman–Crippen LogP) is -0.578. The molecule has 0 N–H and O–H groups in total. The molecular weight excluding hydrogens is 253 g/mol. The Morgan fingerprint density at radius 1 is 1.44 bits per heavy atom. The van der Waals surface area contributed by atoms with E-state index in [1.807, 2.05) is 30.3 Å². The van der Waals surface area contributed by atoms with Crippen LogP contribution in [0.4, 0.5) is 13.2 Å². The first-order chi connectivity index (χ1) is 7.08. The summed E-state index contributed by atoms with van der Waals surface area (Å²) in [4.78, 5) is 4.83. The summed E-state index contributed by atoms with van der Waals surface area (Å²) in [7, 11) is -2.53. The van der Waals surface area contributed by atoms with Crippen molar-refractivity contribution in [3.8, 4) is 0 Å². The summed E-state index contributed by atoms with van der Waals surface area (Å²) in [6, 6.07) is 0. The summed E-state index contributed by atoms with van der Waals surface area (Å²) in [6.45, 7) is 0. The number of halogens is 3. The van der Waals surface area contributed by atoms with Crippen molar-refractivity contribution in [3.05, 3.63) is 18.7 Å². The fourth-order valence-electron chi connectivity index (χ4n) is 0.535. The maximum atomic E-state index is 10.7. The van der Waals surface area contributed by atoms with Gasteiger partial charge in [0.25, 0.3) is 6.33 Å². The Bertz CT molecular complexity index is 425. The molecule has 10 heteroatoms. The highest BCUT2D eigenvalue weighted by Gasteiger charge is 2.36. The minimum atomic E-state index is -6.09. The number of aromatic nitrogens is 2. The standard InChI is InChI=1S/C5H9N2O.CHF3O3S/c1-6-3-4-7(5-6)8-2;2-1(3,4)8(5,6)7/h3-5H,1-2H3;(H,5,6,7)/q+1;/p-1. The molecule has 0 spiro atoms. The van der Waals surface area contributed by atoms with Gasteiger partial charge in [-0.15, -0.1) is 0 Å². The van der Waals surface area contributed by atoms with Crippen LogP contribution in [0, 0.1) is 0 Å². The molecule has 16 heavy (non-hydrogen) atoms. The Morgan fingerprint density at radius 3 is 2.00 bits per heavy atom. The molecular formula is C6H9F3N2O4S. The Balaban J connectivity index is 0.000000281. The zero-order chi connectivity index (χ0) is 13.0. The van der Waals surface area contributed by atoms with Gasteiger partial charge < -0.3 is 9.39 Å². The third kappa shape index (κ3) is 4.98. The van der Waals surface area contributed by atoms with Crippen LogP contribution in [-0.2, 0) is 17.2 Å². The van der Waals surface area contributed by atoms with E-state index in [1.54, 1.807) is 11.8 Å². The van der Waals surface area contributed by atoms with Crippen molar-refractivity contribution >= 4 is 10.1 Å². The topological polar surface area (TPSA) is 75.2 Å². The molecule has 0 saturated carbocycles. The molecule has 1 aromatic rings. The van der Waals surface area contributed by atoms with Gasteiger partial charge in [0.05, 0.1) is 7.05 Å². The van der Waals surface area contributed by atoms with Gasteiger partial charge in [-0.25, -0.2) is 13.0 Å². The summed E-state index contributed by atoms with van der Waals surface area (Å²) in [6.07, 6.45) is 5.57. The summed E-state index contributed by atoms with van der Waals surface area (Å²) < 4.78 is 62.4. The Labute approximate surface area is 89.6 Å². The number of aryl methyl sites for hydroxylation is 1. The molecule has 0 radical (unpaired) electrons. The van der Waals surface area contributed by atoms with Crippen LogP contribution in [-0.4, -0.2) is 30.3 Å². The highest BCUT2D eigenvalue weighted by atomic mass is 32.2. The van der Waals surface area contributed by atoms with Crippen LogP contribution in [0.3, 0.4) is 0 Å². The highest BCUT2D eigenvalue weighted by molar-refractivity contribution is 7.86. The second-order valence-electron chi connectivity index (χ2n) is 2.52. The Morgan fingerprint density at radius 2 is 1.88 bits per heavy atom. The minimum Gasteiger partial charge on any atom is -0.741 e. The lowest BCUT2D eigenvalue weighted by atomic mass is 10.9. The molecule has 0 bridgehead atoms. The van der Waals surface area contributed by atoms with E-state index in [0.29, 0.717) is 0 Å². The van der Waals surface area contributed by atoms with Crippen LogP contribution in [0.15, 0.2) is 18.7 Å². The van der Waals surface area contributed by atoms with Gasteiger partial charge in [-0.05, 0) is 0 Å². The van der Waals surface area contributed by atoms with Crippen LogP contribution < -0.4 is 9.40 Å². The van der Waals surface area contributed by atoms with Crippen molar-refractivity contribution in [2.24, 2.45) is 7.05 Å². The van der Waals surface area contributed by atoms with Crippen molar-refractivity contribution in [1.29, 1.82) is 0 Å². The third-order valence-corrected chi connectivity index (χ3v) is 1.81. The quantitative estimate of drug-likeness (QED) is 0.385. The Kier molecular flexibility index (Phi) is 4.75. The molecule has 0 aliphatic rings. The number of imidazole rings is 1. The van der Waals surface area contributed by atoms with Gasteiger partial charge in [-0.2, -0.15) is 13.2 Å². The zero-order valence-electron chi connectivity index (χ0n) is 8.30. The van der Waals surface area contributed by atoms with E-state index in [0.717, 1.165) is 0 Å². The van der Waals surface area contributed by atoms with Gasteiger partial charge >= 0.3 is 5.51 Å². The lowest BCUT2D eigenvalue weighted by Crippen LogP contribution is -2.24. The third-order valence-electron chi connectivity index (χ3n) is 1.24. The predicted molar refractivity (Wildman–Crippen MR) is 43.9 cm³/mol. The maximum absolute atomic E-state index is 10.7. The summed E-state index contributed by atoms with van der Waals surface area (Å²) in [5.74, 6) is 0. The molecule has 0 aliphatic heterocycles. The molecule has 0 saturated heterocycles. The van der Waals surface area contributed by atoms with E-state index in [-0.39, 0.29) is 0 Å². The van der Waals surface area contributed by atoms with E-state index >= 15 is 0 Å². The number of nitrogens with zero attached hydrogens (tertiary/aromatic N) is 2. The van der Waals surface area contributed by atoms with Crippen LogP contribution in [0.2, 0.25) is 0 Å². The first kappa shape index (κ1) is 14.7. The summed E-state index contributed by atoms with van der Waals surface area (Å²) >= 11 is 0. The monoisotopic (exact) mass is 262 g/mol. The fraction of sp³-hybridized carbons (Fsp3) is 0.500. The van der Waals surface area contributed by atoms with Crippen LogP contribution >= 0.6 is 0 Å². The zero-order valence-corrected chi connectivity index (χ0v) is 9.12. The number of rotatable bonds is 1. The smallest absolute Gasteiger partial charge is 0.485 e. The fourth-order valence-corrected chi connectivity index (χ4v) is 0.535. The van der Waals surface area contributed by atoms with Gasteiger partial charge in [0.15, 0.2) is 16.3 Å². The normalized spacial score (nSPS) is 11.6. The molecule has 94 valence electrons. The molecule has 0 atom stereocenters. The average Bonchev–Trinajstić information content (AvgIpc) is 2.48. The van der Waals surface area contributed by atoms with Crippen molar-refractivity contribution in [2.45, 2.75) is 5.51 Å². The SMILES string of the molecule is COn1cc[n+](C)c1.O=S(=O)([O-])C(F)(F)F. The Hall–Kier alpha value is -1.29. The van der Waals surface area contributed by atoms with E-state index < -0.39 is 15.6 Å². The molecule has 6 nitrogen and oxygen atoms in total. The lowest BCUT2D eigenvalue weighted by Gasteiger charge is -2.08. The molecule has 0 aliphatic carbocycles. The van der Waals surface area contributed by atoms with Gasteiger partial charge in [-0.3, -0.25) is 0 Å². The van der Waals surface area contributed by atoms with Crippen molar-refractivity contribution < 1.29 is 35.5 Å². The van der Waals surface area contributed by atoms with E-state index in [4.69, 9.17) is 17.8 Å². The van der Waals surface area contributed by atoms with E-state index in [9.17, 15) is 13.2 Å². The number of hydrogen-bond donors (Lipinski definition) is 0. The first-order valence-corrected chi connectivity index (χ1v) is 5.08. The van der Waals surface area contributed by atoms with Crippen molar-refractivity contribution in [1.82, 2.24) is 4.73 Å². The van der Waals surface area contributed by atoms with Gasteiger partial charge in [0.2, 0.25) is 0 Å². The van der Waals surface area contributed by atoms with Crippen LogP contribution in [0.1, 0.15) is 0 Å². The first-order valence-electron chi connectivity index (χ1n) is 3.68.